The van der Waals surface area contributed by atoms with E-state index in [1.54, 1.807) is 29.2 Å². The highest BCUT2D eigenvalue weighted by atomic mass is 35.5. The lowest BCUT2D eigenvalue weighted by molar-refractivity contribution is 0.0376. The largest absolute Gasteiger partial charge is 0.390 e. The van der Waals surface area contributed by atoms with Gasteiger partial charge in [-0.2, -0.15) is 0 Å². The third kappa shape index (κ3) is 4.70. The standard InChI is InChI=1S/C22H22Cl2FN3O3/c23-16-4-1-14(2-5-16)21(30)27-9-7-26(8-10-27)19-12-28(13-20(19)29)22(31)15-3-6-17(24)18(25)11-15/h1-6,11,19-20,29H,7-10,12-13H2/t19-,20-/m1/s1. The Balaban J connectivity index is 1.35. The van der Waals surface area contributed by atoms with Gasteiger partial charge in [0.25, 0.3) is 11.8 Å². The number of nitrogens with zero attached hydrogens (tertiary/aromatic N) is 3. The van der Waals surface area contributed by atoms with Crippen LogP contribution in [0.4, 0.5) is 4.39 Å². The molecule has 2 aromatic rings. The summed E-state index contributed by atoms with van der Waals surface area (Å²) >= 11 is 11.6. The number of carbonyl (C=O) groups excluding carboxylic acids is 2. The number of hydrogen-bond acceptors (Lipinski definition) is 4. The Bertz CT molecular complexity index is 980. The molecule has 2 heterocycles. The van der Waals surface area contributed by atoms with Crippen LogP contribution in [-0.2, 0) is 0 Å². The lowest BCUT2D eigenvalue weighted by Crippen LogP contribution is -2.54. The van der Waals surface area contributed by atoms with Crippen molar-refractivity contribution in [2.75, 3.05) is 39.3 Å². The molecule has 0 unspecified atom stereocenters. The highest BCUT2D eigenvalue weighted by Crippen LogP contribution is 2.23. The quantitative estimate of drug-likeness (QED) is 0.756. The number of likely N-dealkylation sites (tertiary alicyclic amines) is 1. The number of amides is 2. The van der Waals surface area contributed by atoms with Crippen LogP contribution in [0.3, 0.4) is 0 Å². The van der Waals surface area contributed by atoms with Crippen LogP contribution in [0.1, 0.15) is 20.7 Å². The van der Waals surface area contributed by atoms with Crippen molar-refractivity contribution in [3.63, 3.8) is 0 Å². The van der Waals surface area contributed by atoms with Gasteiger partial charge in [-0.3, -0.25) is 14.5 Å². The molecule has 2 atom stereocenters. The van der Waals surface area contributed by atoms with Gasteiger partial charge in [0.1, 0.15) is 5.82 Å². The summed E-state index contributed by atoms with van der Waals surface area (Å²) in [7, 11) is 0. The lowest BCUT2D eigenvalue weighted by Gasteiger charge is -2.38. The molecule has 0 aromatic heterocycles. The van der Waals surface area contributed by atoms with E-state index in [-0.39, 0.29) is 35.0 Å². The third-order valence-corrected chi connectivity index (χ3v) is 6.43. The van der Waals surface area contributed by atoms with E-state index in [1.807, 2.05) is 0 Å². The second kappa shape index (κ2) is 9.12. The van der Waals surface area contributed by atoms with Gasteiger partial charge in [0, 0.05) is 55.4 Å². The first-order chi connectivity index (χ1) is 14.8. The number of β-amino-alcohol motifs (C(OH)–C–C–N with tert-alkyl or cyclic N) is 1. The average Bonchev–Trinajstić information content (AvgIpc) is 3.17. The highest BCUT2D eigenvalue weighted by Gasteiger charge is 2.39. The Morgan fingerprint density at radius 3 is 2.13 bits per heavy atom. The second-order valence-corrected chi connectivity index (χ2v) is 8.65. The summed E-state index contributed by atoms with van der Waals surface area (Å²) in [5.41, 5.74) is 0.791. The van der Waals surface area contributed by atoms with Crippen molar-refractivity contribution in [2.24, 2.45) is 0 Å². The number of benzene rings is 2. The van der Waals surface area contributed by atoms with E-state index < -0.39 is 11.9 Å². The first-order valence-electron chi connectivity index (χ1n) is 10.0. The van der Waals surface area contributed by atoms with Crippen LogP contribution in [0.15, 0.2) is 42.5 Å². The van der Waals surface area contributed by atoms with Crippen molar-refractivity contribution in [3.8, 4) is 0 Å². The van der Waals surface area contributed by atoms with Crippen molar-refractivity contribution >= 4 is 35.0 Å². The molecule has 9 heteroatoms. The molecule has 2 aliphatic heterocycles. The topological polar surface area (TPSA) is 64.1 Å². The summed E-state index contributed by atoms with van der Waals surface area (Å²) < 4.78 is 13.7. The number of rotatable bonds is 3. The number of carbonyl (C=O) groups is 2. The normalized spacial score (nSPS) is 22.1. The van der Waals surface area contributed by atoms with E-state index >= 15 is 0 Å². The van der Waals surface area contributed by atoms with Crippen LogP contribution in [0.5, 0.6) is 0 Å². The van der Waals surface area contributed by atoms with Crippen molar-refractivity contribution in [3.05, 3.63) is 69.5 Å². The molecular weight excluding hydrogens is 444 g/mol. The zero-order valence-corrected chi connectivity index (χ0v) is 18.2. The summed E-state index contributed by atoms with van der Waals surface area (Å²) in [6.07, 6.45) is -0.709. The molecular formula is C22H22Cl2FN3O3. The fourth-order valence-corrected chi connectivity index (χ4v) is 4.38. The molecule has 0 aliphatic carbocycles. The Labute approximate surface area is 189 Å². The predicted octanol–water partition coefficient (Wildman–Crippen LogP) is 2.78. The van der Waals surface area contributed by atoms with E-state index in [2.05, 4.69) is 4.90 Å². The summed E-state index contributed by atoms with van der Waals surface area (Å²) in [5, 5.41) is 11.1. The predicted molar refractivity (Wildman–Crippen MR) is 116 cm³/mol. The average molecular weight is 466 g/mol. The maximum absolute atomic E-state index is 13.7. The molecule has 0 bridgehead atoms. The zero-order chi connectivity index (χ0) is 22.1. The first kappa shape index (κ1) is 22.0. The van der Waals surface area contributed by atoms with Gasteiger partial charge in [-0.05, 0) is 42.5 Å². The molecule has 31 heavy (non-hydrogen) atoms. The van der Waals surface area contributed by atoms with Crippen molar-refractivity contribution < 1.29 is 19.1 Å². The van der Waals surface area contributed by atoms with E-state index in [0.29, 0.717) is 43.3 Å². The van der Waals surface area contributed by atoms with Gasteiger partial charge in [0.2, 0.25) is 0 Å². The maximum atomic E-state index is 13.7. The van der Waals surface area contributed by atoms with Crippen LogP contribution >= 0.6 is 23.2 Å². The number of halogens is 3. The van der Waals surface area contributed by atoms with Crippen LogP contribution in [0.25, 0.3) is 0 Å². The number of piperazine rings is 1. The summed E-state index contributed by atoms with van der Waals surface area (Å²) in [6, 6.07) is 10.5. The Morgan fingerprint density at radius 2 is 1.48 bits per heavy atom. The monoisotopic (exact) mass is 465 g/mol. The van der Waals surface area contributed by atoms with Crippen LogP contribution < -0.4 is 0 Å². The molecule has 4 rings (SSSR count). The Morgan fingerprint density at radius 1 is 0.871 bits per heavy atom. The first-order valence-corrected chi connectivity index (χ1v) is 10.8. The minimum absolute atomic E-state index is 0.0399. The van der Waals surface area contributed by atoms with Crippen molar-refractivity contribution in [2.45, 2.75) is 12.1 Å². The van der Waals surface area contributed by atoms with Gasteiger partial charge in [0.15, 0.2) is 0 Å². The van der Waals surface area contributed by atoms with Gasteiger partial charge in [-0.1, -0.05) is 23.2 Å². The van der Waals surface area contributed by atoms with Gasteiger partial charge >= 0.3 is 0 Å². The van der Waals surface area contributed by atoms with Crippen molar-refractivity contribution in [1.82, 2.24) is 14.7 Å². The van der Waals surface area contributed by atoms with Gasteiger partial charge < -0.3 is 14.9 Å². The fraction of sp³-hybridized carbons (Fsp3) is 0.364. The summed E-state index contributed by atoms with van der Waals surface area (Å²) in [5.74, 6) is -1.04. The second-order valence-electron chi connectivity index (χ2n) is 7.81. The van der Waals surface area contributed by atoms with Gasteiger partial charge in [0.05, 0.1) is 17.2 Å². The molecule has 2 saturated heterocycles. The summed E-state index contributed by atoms with van der Waals surface area (Å²) in [4.78, 5) is 30.8. The van der Waals surface area contributed by atoms with Crippen LogP contribution in [-0.4, -0.2) is 83.0 Å². The minimum Gasteiger partial charge on any atom is -0.390 e. The number of aliphatic hydroxyl groups is 1. The molecule has 0 saturated carbocycles. The Hall–Kier alpha value is -2.19. The molecule has 0 radical (unpaired) electrons. The third-order valence-electron chi connectivity index (χ3n) is 5.87. The molecule has 2 amide bonds. The molecule has 164 valence electrons. The number of hydrogen-bond donors (Lipinski definition) is 1. The molecule has 1 N–H and O–H groups in total. The molecule has 6 nitrogen and oxygen atoms in total. The van der Waals surface area contributed by atoms with E-state index in [4.69, 9.17) is 23.2 Å². The SMILES string of the molecule is O=C(c1ccc(Cl)cc1)N1CCN([C@@H]2CN(C(=O)c3ccc(Cl)c(F)c3)C[C@H]2O)CC1. The molecule has 0 spiro atoms. The zero-order valence-electron chi connectivity index (χ0n) is 16.7. The fourth-order valence-electron chi connectivity index (χ4n) is 4.14. The smallest absolute Gasteiger partial charge is 0.254 e. The minimum atomic E-state index is -0.709. The molecule has 2 fully saturated rings. The lowest BCUT2D eigenvalue weighted by atomic mass is 10.1. The van der Waals surface area contributed by atoms with Gasteiger partial charge in [-0.25, -0.2) is 4.39 Å². The van der Waals surface area contributed by atoms with E-state index in [1.165, 1.54) is 17.0 Å². The Kier molecular flexibility index (Phi) is 6.48. The van der Waals surface area contributed by atoms with Crippen molar-refractivity contribution in [1.29, 1.82) is 0 Å². The van der Waals surface area contributed by atoms with Crippen LogP contribution in [0, 0.1) is 5.82 Å². The summed E-state index contributed by atoms with van der Waals surface area (Å²) in [6.45, 7) is 2.77. The van der Waals surface area contributed by atoms with E-state index in [0.717, 1.165) is 6.07 Å². The highest BCUT2D eigenvalue weighted by molar-refractivity contribution is 6.31. The van der Waals surface area contributed by atoms with E-state index in [9.17, 15) is 19.1 Å². The molecule has 2 aromatic carbocycles. The van der Waals surface area contributed by atoms with Crippen LogP contribution in [0.2, 0.25) is 10.0 Å². The van der Waals surface area contributed by atoms with Gasteiger partial charge in [-0.15, -0.1) is 0 Å². The maximum Gasteiger partial charge on any atom is 0.254 e. The molecule has 2 aliphatic rings. The number of aliphatic hydroxyl groups excluding tert-OH is 1.